The summed E-state index contributed by atoms with van der Waals surface area (Å²) < 4.78 is 11.1. The Balaban J connectivity index is 1.49. The Hall–Kier alpha value is -4.26. The van der Waals surface area contributed by atoms with Crippen LogP contribution >= 0.6 is 0 Å². The maximum absolute atomic E-state index is 12.3. The van der Waals surface area contributed by atoms with Gasteiger partial charge in [-0.3, -0.25) is 10.1 Å². The first-order valence-electron chi connectivity index (χ1n) is 9.54. The topological polar surface area (TPSA) is 91.0 Å². The Morgan fingerprint density at radius 2 is 1.84 bits per heavy atom. The molecule has 3 aromatic carbocycles. The van der Waals surface area contributed by atoms with Crippen molar-refractivity contribution < 1.29 is 19.2 Å². The third-order valence-electron chi connectivity index (χ3n) is 4.71. The monoisotopic (exact) mass is 414 g/mol. The summed E-state index contributed by atoms with van der Waals surface area (Å²) >= 11 is 0. The van der Waals surface area contributed by atoms with Gasteiger partial charge in [0, 0.05) is 17.7 Å². The van der Waals surface area contributed by atoms with Crippen molar-refractivity contribution in [1.29, 1.82) is 0 Å². The van der Waals surface area contributed by atoms with E-state index in [2.05, 4.69) is 4.99 Å². The van der Waals surface area contributed by atoms with Gasteiger partial charge < -0.3 is 9.47 Å². The Labute approximate surface area is 178 Å². The maximum atomic E-state index is 12.3. The van der Waals surface area contributed by atoms with Crippen molar-refractivity contribution in [3.05, 3.63) is 111 Å². The van der Waals surface area contributed by atoms with Crippen molar-refractivity contribution in [3.63, 3.8) is 0 Å². The van der Waals surface area contributed by atoms with E-state index in [1.165, 1.54) is 12.1 Å². The second-order valence-corrected chi connectivity index (χ2v) is 6.94. The zero-order valence-corrected chi connectivity index (χ0v) is 16.6. The zero-order valence-electron chi connectivity index (χ0n) is 16.6. The van der Waals surface area contributed by atoms with E-state index >= 15 is 0 Å². The summed E-state index contributed by atoms with van der Waals surface area (Å²) in [6.45, 7) is 2.19. The number of benzene rings is 3. The van der Waals surface area contributed by atoms with Crippen molar-refractivity contribution in [2.24, 2.45) is 4.99 Å². The number of carbonyl (C=O) groups is 1. The van der Waals surface area contributed by atoms with Gasteiger partial charge in [0.25, 0.3) is 5.69 Å². The Morgan fingerprint density at radius 1 is 1.06 bits per heavy atom. The second kappa shape index (κ2) is 8.62. The molecular weight excluding hydrogens is 396 g/mol. The van der Waals surface area contributed by atoms with Crippen LogP contribution in [-0.2, 0) is 16.1 Å². The Morgan fingerprint density at radius 3 is 2.58 bits per heavy atom. The van der Waals surface area contributed by atoms with Crippen LogP contribution in [0.4, 0.5) is 5.69 Å². The molecule has 0 atom stereocenters. The molecule has 7 heteroatoms. The fourth-order valence-electron chi connectivity index (χ4n) is 3.07. The molecule has 4 rings (SSSR count). The van der Waals surface area contributed by atoms with Crippen LogP contribution in [0.1, 0.15) is 22.3 Å². The number of non-ortho nitro benzene ring substituents is 1. The third-order valence-corrected chi connectivity index (χ3v) is 4.71. The first-order chi connectivity index (χ1) is 15.0. The summed E-state index contributed by atoms with van der Waals surface area (Å²) in [4.78, 5) is 26.9. The minimum atomic E-state index is -0.504. The molecule has 0 aliphatic carbocycles. The average molecular weight is 414 g/mol. The van der Waals surface area contributed by atoms with Gasteiger partial charge in [-0.15, -0.1) is 0 Å². The van der Waals surface area contributed by atoms with Gasteiger partial charge in [0.05, 0.1) is 4.92 Å². The number of aliphatic imine (C=N–C) groups is 1. The molecule has 0 bridgehead atoms. The number of nitrogens with zero attached hydrogens (tertiary/aromatic N) is 2. The smallest absolute Gasteiger partial charge is 0.363 e. The van der Waals surface area contributed by atoms with E-state index in [9.17, 15) is 14.9 Å². The summed E-state index contributed by atoms with van der Waals surface area (Å²) in [7, 11) is 0. The number of ether oxygens (including phenoxy) is 2. The number of cyclic esters (lactones) is 1. The number of rotatable bonds is 6. The second-order valence-electron chi connectivity index (χ2n) is 6.94. The molecule has 0 spiro atoms. The van der Waals surface area contributed by atoms with Crippen molar-refractivity contribution in [1.82, 2.24) is 0 Å². The van der Waals surface area contributed by atoms with Crippen LogP contribution in [0.15, 0.2) is 83.5 Å². The number of hydrogen-bond acceptors (Lipinski definition) is 6. The first kappa shape index (κ1) is 20.0. The number of nitro groups is 1. The highest BCUT2D eigenvalue weighted by atomic mass is 16.6. The maximum Gasteiger partial charge on any atom is 0.363 e. The number of carbonyl (C=O) groups excluding carboxylic acids is 1. The Kier molecular flexibility index (Phi) is 5.57. The van der Waals surface area contributed by atoms with Crippen LogP contribution in [0.2, 0.25) is 0 Å². The van der Waals surface area contributed by atoms with Gasteiger partial charge >= 0.3 is 5.97 Å². The molecule has 31 heavy (non-hydrogen) atoms. The highest BCUT2D eigenvalue weighted by Gasteiger charge is 2.24. The number of aryl methyl sites for hydroxylation is 1. The van der Waals surface area contributed by atoms with E-state index in [4.69, 9.17) is 9.47 Å². The van der Waals surface area contributed by atoms with Gasteiger partial charge in [-0.25, -0.2) is 9.79 Å². The quantitative estimate of drug-likeness (QED) is 0.249. The fraction of sp³-hybridized carbons (Fsp3) is 0.0833. The van der Waals surface area contributed by atoms with Gasteiger partial charge in [-0.2, -0.15) is 0 Å². The lowest BCUT2D eigenvalue weighted by Crippen LogP contribution is -2.06. The molecule has 0 fully saturated rings. The van der Waals surface area contributed by atoms with E-state index in [1.54, 1.807) is 30.3 Å². The number of nitro benzene ring substituents is 1. The zero-order chi connectivity index (χ0) is 21.8. The fourth-order valence-corrected chi connectivity index (χ4v) is 3.07. The van der Waals surface area contributed by atoms with Gasteiger partial charge in [0.15, 0.2) is 5.70 Å². The molecule has 3 aromatic rings. The first-order valence-corrected chi connectivity index (χ1v) is 9.54. The van der Waals surface area contributed by atoms with Crippen LogP contribution in [0.5, 0.6) is 5.75 Å². The van der Waals surface area contributed by atoms with Crippen LogP contribution in [0, 0.1) is 17.0 Å². The molecule has 0 aromatic heterocycles. The standard InChI is InChI=1S/C24H18N2O5/c1-16-5-2-3-8-21(16)23-25-22(24(27)31-23)14-18-6-4-7-20(13-18)30-15-17-9-11-19(12-10-17)26(28)29/h2-14H,15H2,1H3/b22-14-. The molecular formula is C24H18N2O5. The minimum Gasteiger partial charge on any atom is -0.489 e. The number of esters is 1. The average Bonchev–Trinajstić information content (AvgIpc) is 3.13. The van der Waals surface area contributed by atoms with Crippen LogP contribution in [0.3, 0.4) is 0 Å². The molecule has 1 heterocycles. The molecule has 0 saturated heterocycles. The normalized spacial score (nSPS) is 14.3. The predicted octanol–water partition coefficient (Wildman–Crippen LogP) is 4.83. The van der Waals surface area contributed by atoms with Crippen molar-refractivity contribution >= 4 is 23.6 Å². The molecule has 154 valence electrons. The molecule has 7 nitrogen and oxygen atoms in total. The predicted molar refractivity (Wildman–Crippen MR) is 116 cm³/mol. The lowest BCUT2D eigenvalue weighted by molar-refractivity contribution is -0.384. The van der Waals surface area contributed by atoms with Crippen LogP contribution in [-0.4, -0.2) is 16.8 Å². The molecule has 1 aliphatic heterocycles. The molecule has 0 N–H and O–H groups in total. The molecule has 0 saturated carbocycles. The summed E-state index contributed by atoms with van der Waals surface area (Å²) in [6.07, 6.45) is 1.65. The highest BCUT2D eigenvalue weighted by Crippen LogP contribution is 2.23. The summed E-state index contributed by atoms with van der Waals surface area (Å²) in [5.41, 5.74) is 3.54. The highest BCUT2D eigenvalue weighted by molar-refractivity contribution is 6.13. The van der Waals surface area contributed by atoms with Crippen LogP contribution < -0.4 is 4.74 Å². The number of hydrogen-bond donors (Lipinski definition) is 0. The van der Waals surface area contributed by atoms with E-state index in [0.29, 0.717) is 11.6 Å². The minimum absolute atomic E-state index is 0.0337. The largest absolute Gasteiger partial charge is 0.489 e. The third kappa shape index (κ3) is 4.67. The van der Waals surface area contributed by atoms with Gasteiger partial charge in [-0.05, 0) is 60.0 Å². The van der Waals surface area contributed by atoms with Crippen LogP contribution in [0.25, 0.3) is 6.08 Å². The van der Waals surface area contributed by atoms with Gasteiger partial charge in [-0.1, -0.05) is 30.3 Å². The van der Waals surface area contributed by atoms with Crippen molar-refractivity contribution in [2.45, 2.75) is 13.5 Å². The van der Waals surface area contributed by atoms with Crippen molar-refractivity contribution in [2.75, 3.05) is 0 Å². The lowest BCUT2D eigenvalue weighted by atomic mass is 10.1. The van der Waals surface area contributed by atoms with E-state index in [0.717, 1.165) is 22.3 Å². The molecule has 0 amide bonds. The summed E-state index contributed by atoms with van der Waals surface area (Å²) in [5, 5.41) is 10.7. The van der Waals surface area contributed by atoms with E-state index in [-0.39, 0.29) is 18.0 Å². The van der Waals surface area contributed by atoms with Gasteiger partial charge in [0.1, 0.15) is 12.4 Å². The van der Waals surface area contributed by atoms with E-state index < -0.39 is 10.9 Å². The molecule has 1 aliphatic rings. The summed E-state index contributed by atoms with van der Waals surface area (Å²) in [5.74, 6) is 0.387. The Bertz CT molecular complexity index is 1210. The van der Waals surface area contributed by atoms with E-state index in [1.807, 2.05) is 43.3 Å². The SMILES string of the molecule is Cc1ccccc1C1=N/C(=C\c2cccc(OCc3ccc([N+](=O)[O-])cc3)c2)C(=O)O1. The molecule has 0 unspecified atom stereocenters. The van der Waals surface area contributed by atoms with Crippen molar-refractivity contribution in [3.8, 4) is 5.75 Å². The molecule has 0 radical (unpaired) electrons. The van der Waals surface area contributed by atoms with Gasteiger partial charge in [0.2, 0.25) is 5.90 Å². The lowest BCUT2D eigenvalue weighted by Gasteiger charge is -2.07. The summed E-state index contributed by atoms with van der Waals surface area (Å²) in [6, 6.07) is 21.0.